The van der Waals surface area contributed by atoms with Gasteiger partial charge in [0.05, 0.1) is 12.5 Å². The molecule has 0 saturated carbocycles. The van der Waals surface area contributed by atoms with Gasteiger partial charge in [-0.1, -0.05) is 15.9 Å². The van der Waals surface area contributed by atoms with Gasteiger partial charge < -0.3 is 14.1 Å². The fourth-order valence-electron chi connectivity index (χ4n) is 2.03. The van der Waals surface area contributed by atoms with Gasteiger partial charge >= 0.3 is 5.97 Å². The highest BCUT2D eigenvalue weighted by Crippen LogP contribution is 2.28. The summed E-state index contributed by atoms with van der Waals surface area (Å²) in [6, 6.07) is 7.37. The summed E-state index contributed by atoms with van der Waals surface area (Å²) in [5.41, 5.74) is 1.24. The number of likely N-dealkylation sites (N-methyl/N-ethyl adjacent to an activating group) is 1. The molecule has 6 nitrogen and oxygen atoms in total. The molecule has 0 aliphatic rings. The lowest BCUT2D eigenvalue weighted by atomic mass is 10.1. The molecular formula is C16H15BrN2O4. The number of nitriles is 1. The Morgan fingerprint density at radius 1 is 1.43 bits per heavy atom. The molecule has 0 radical (unpaired) electrons. The van der Waals surface area contributed by atoms with E-state index in [0.29, 0.717) is 17.7 Å². The number of hydrogen-bond acceptors (Lipinski definition) is 5. The summed E-state index contributed by atoms with van der Waals surface area (Å²) in [5.74, 6) is -0.965. The van der Waals surface area contributed by atoms with Crippen LogP contribution in [0.1, 0.15) is 22.5 Å². The average Bonchev–Trinajstić information content (AvgIpc) is 2.86. The van der Waals surface area contributed by atoms with E-state index in [9.17, 15) is 9.59 Å². The summed E-state index contributed by atoms with van der Waals surface area (Å²) >= 11 is 3.37. The lowest BCUT2D eigenvalue weighted by molar-refractivity contribution is -0.133. The molecule has 0 fully saturated rings. The van der Waals surface area contributed by atoms with Crippen LogP contribution in [0.5, 0.6) is 0 Å². The molecular weight excluding hydrogens is 364 g/mol. The van der Waals surface area contributed by atoms with Crippen LogP contribution in [0.4, 0.5) is 0 Å². The van der Waals surface area contributed by atoms with Crippen LogP contribution in [0.25, 0.3) is 11.0 Å². The van der Waals surface area contributed by atoms with Gasteiger partial charge in [-0.05, 0) is 25.1 Å². The lowest BCUT2D eigenvalue weighted by Gasteiger charge is -2.14. The minimum absolute atomic E-state index is 0.0885. The highest BCUT2D eigenvalue weighted by Gasteiger charge is 2.21. The molecule has 120 valence electrons. The van der Waals surface area contributed by atoms with Crippen molar-refractivity contribution in [2.75, 3.05) is 20.2 Å². The largest absolute Gasteiger partial charge is 0.450 e. The summed E-state index contributed by atoms with van der Waals surface area (Å²) in [6.07, 6.45) is 0.230. The molecule has 0 N–H and O–H groups in total. The van der Waals surface area contributed by atoms with Crippen LogP contribution in [-0.4, -0.2) is 37.0 Å². The minimum Gasteiger partial charge on any atom is -0.450 e. The zero-order valence-electron chi connectivity index (χ0n) is 12.8. The van der Waals surface area contributed by atoms with Gasteiger partial charge in [-0.2, -0.15) is 5.26 Å². The standard InChI is InChI=1S/C16H15BrN2O4/c1-10-12-8-11(17)4-5-13(12)23-15(10)16(21)22-9-14(20)19(2)7-3-6-18/h4-5,8H,3,7,9H2,1-2H3. The molecule has 7 heteroatoms. The van der Waals surface area contributed by atoms with Gasteiger partial charge in [0.15, 0.2) is 6.61 Å². The van der Waals surface area contributed by atoms with Crippen molar-refractivity contribution in [3.63, 3.8) is 0 Å². The number of esters is 1. The molecule has 2 rings (SSSR count). The van der Waals surface area contributed by atoms with Gasteiger partial charge in [0.25, 0.3) is 5.91 Å². The topological polar surface area (TPSA) is 83.5 Å². The first kappa shape index (κ1) is 17.0. The lowest BCUT2D eigenvalue weighted by Crippen LogP contribution is -2.31. The molecule has 1 aromatic carbocycles. The molecule has 0 spiro atoms. The van der Waals surface area contributed by atoms with E-state index >= 15 is 0 Å². The normalized spacial score (nSPS) is 10.3. The van der Waals surface area contributed by atoms with Crippen molar-refractivity contribution in [1.82, 2.24) is 4.90 Å². The third kappa shape index (κ3) is 3.90. The van der Waals surface area contributed by atoms with Crippen molar-refractivity contribution in [1.29, 1.82) is 5.26 Å². The number of rotatable bonds is 5. The number of fused-ring (bicyclic) bond motifs is 1. The van der Waals surface area contributed by atoms with E-state index in [1.165, 1.54) is 4.90 Å². The number of carbonyl (C=O) groups excluding carboxylic acids is 2. The van der Waals surface area contributed by atoms with Crippen molar-refractivity contribution in [3.8, 4) is 6.07 Å². The van der Waals surface area contributed by atoms with Crippen LogP contribution in [-0.2, 0) is 9.53 Å². The Bertz CT molecular complexity index is 791. The Morgan fingerprint density at radius 2 is 2.17 bits per heavy atom. The number of amides is 1. The first-order valence-electron chi connectivity index (χ1n) is 6.90. The van der Waals surface area contributed by atoms with Crippen molar-refractivity contribution in [2.24, 2.45) is 0 Å². The van der Waals surface area contributed by atoms with E-state index < -0.39 is 5.97 Å². The molecule has 1 aromatic heterocycles. The SMILES string of the molecule is Cc1c(C(=O)OCC(=O)N(C)CCC#N)oc2ccc(Br)cc12. The molecule has 0 saturated heterocycles. The molecule has 1 heterocycles. The maximum Gasteiger partial charge on any atom is 0.375 e. The summed E-state index contributed by atoms with van der Waals surface area (Å²) in [4.78, 5) is 25.2. The van der Waals surface area contributed by atoms with E-state index in [1.54, 1.807) is 20.0 Å². The predicted octanol–water partition coefficient (Wildman–Crippen LogP) is 3.03. The summed E-state index contributed by atoms with van der Waals surface area (Å²) in [7, 11) is 1.55. The van der Waals surface area contributed by atoms with Gasteiger partial charge in [0.2, 0.25) is 5.76 Å². The first-order chi connectivity index (χ1) is 10.9. The monoisotopic (exact) mass is 378 g/mol. The maximum absolute atomic E-state index is 12.1. The first-order valence-corrected chi connectivity index (χ1v) is 7.70. The fourth-order valence-corrected chi connectivity index (χ4v) is 2.39. The molecule has 0 aliphatic heterocycles. The summed E-state index contributed by atoms with van der Waals surface area (Å²) < 4.78 is 11.4. The van der Waals surface area contributed by atoms with Crippen LogP contribution in [0.3, 0.4) is 0 Å². The van der Waals surface area contributed by atoms with Gasteiger partial charge in [-0.25, -0.2) is 4.79 Å². The predicted molar refractivity (Wildman–Crippen MR) is 86.8 cm³/mol. The Hall–Kier alpha value is -2.33. The molecule has 0 bridgehead atoms. The molecule has 2 aromatic rings. The Balaban J connectivity index is 2.05. The number of benzene rings is 1. The van der Waals surface area contributed by atoms with E-state index in [2.05, 4.69) is 15.9 Å². The molecule has 23 heavy (non-hydrogen) atoms. The zero-order valence-corrected chi connectivity index (χ0v) is 14.3. The number of hydrogen-bond donors (Lipinski definition) is 0. The smallest absolute Gasteiger partial charge is 0.375 e. The van der Waals surface area contributed by atoms with Gasteiger partial charge in [0, 0.05) is 29.0 Å². The molecule has 0 unspecified atom stereocenters. The number of nitrogens with zero attached hydrogens (tertiary/aromatic N) is 2. The van der Waals surface area contributed by atoms with Crippen molar-refractivity contribution in [2.45, 2.75) is 13.3 Å². The molecule has 0 aliphatic carbocycles. The van der Waals surface area contributed by atoms with Crippen LogP contribution >= 0.6 is 15.9 Å². The number of carbonyl (C=O) groups is 2. The average molecular weight is 379 g/mol. The second-order valence-corrected chi connectivity index (χ2v) is 5.91. The number of furan rings is 1. The summed E-state index contributed by atoms with van der Waals surface area (Å²) in [5, 5.41) is 9.30. The van der Waals surface area contributed by atoms with Crippen LogP contribution in [0.15, 0.2) is 27.1 Å². The van der Waals surface area contributed by atoms with E-state index in [1.807, 2.05) is 18.2 Å². The Labute approximate surface area is 141 Å². The third-order valence-electron chi connectivity index (χ3n) is 3.40. The van der Waals surface area contributed by atoms with E-state index in [4.69, 9.17) is 14.4 Å². The highest BCUT2D eigenvalue weighted by molar-refractivity contribution is 9.10. The van der Waals surface area contributed by atoms with Crippen molar-refractivity contribution < 1.29 is 18.7 Å². The maximum atomic E-state index is 12.1. The zero-order chi connectivity index (χ0) is 17.0. The third-order valence-corrected chi connectivity index (χ3v) is 3.89. The number of halogens is 1. The molecule has 1 amide bonds. The van der Waals surface area contributed by atoms with Gasteiger partial charge in [-0.15, -0.1) is 0 Å². The van der Waals surface area contributed by atoms with Crippen LogP contribution in [0, 0.1) is 18.3 Å². The van der Waals surface area contributed by atoms with E-state index in [-0.39, 0.29) is 24.7 Å². The second kappa shape index (κ2) is 7.29. The Morgan fingerprint density at radius 3 is 2.87 bits per heavy atom. The number of ether oxygens (including phenoxy) is 1. The highest BCUT2D eigenvalue weighted by atomic mass is 79.9. The summed E-state index contributed by atoms with van der Waals surface area (Å²) in [6.45, 7) is 1.67. The van der Waals surface area contributed by atoms with Crippen LogP contribution < -0.4 is 0 Å². The van der Waals surface area contributed by atoms with E-state index in [0.717, 1.165) is 9.86 Å². The molecule has 0 atom stereocenters. The van der Waals surface area contributed by atoms with Gasteiger partial charge in [0.1, 0.15) is 5.58 Å². The quantitative estimate of drug-likeness (QED) is 0.746. The van der Waals surface area contributed by atoms with Gasteiger partial charge in [-0.3, -0.25) is 4.79 Å². The van der Waals surface area contributed by atoms with Crippen molar-refractivity contribution in [3.05, 3.63) is 34.0 Å². The fraction of sp³-hybridized carbons (Fsp3) is 0.312. The second-order valence-electron chi connectivity index (χ2n) is 5.00. The number of aryl methyl sites for hydroxylation is 1. The van der Waals surface area contributed by atoms with Crippen LogP contribution in [0.2, 0.25) is 0 Å². The van der Waals surface area contributed by atoms with Crippen molar-refractivity contribution >= 4 is 38.8 Å². The Kier molecular flexibility index (Phi) is 5.40. The minimum atomic E-state index is -0.683.